The van der Waals surface area contributed by atoms with Crippen molar-refractivity contribution in [1.29, 1.82) is 0 Å². The average molecular weight is 300 g/mol. The van der Waals surface area contributed by atoms with E-state index in [-0.39, 0.29) is 5.91 Å². The average Bonchev–Trinajstić information content (AvgIpc) is 2.84. The number of benzene rings is 1. The standard InChI is InChI=1S/C19H28N2O/c1-5-7-11-21(12-8-6-2)19(22)18-15(4)16-13-14(3)9-10-17(16)20-18/h9-10,13,20H,5-8,11-12H2,1-4H3. The first-order chi connectivity index (χ1) is 10.6. The van der Waals surface area contributed by atoms with Crippen molar-refractivity contribution in [3.8, 4) is 0 Å². The highest BCUT2D eigenvalue weighted by atomic mass is 16.2. The fourth-order valence-electron chi connectivity index (χ4n) is 2.83. The van der Waals surface area contributed by atoms with Gasteiger partial charge in [0.15, 0.2) is 0 Å². The summed E-state index contributed by atoms with van der Waals surface area (Å²) in [5.41, 5.74) is 4.11. The molecule has 0 fully saturated rings. The number of aromatic amines is 1. The van der Waals surface area contributed by atoms with Crippen LogP contribution < -0.4 is 0 Å². The summed E-state index contributed by atoms with van der Waals surface area (Å²) < 4.78 is 0. The van der Waals surface area contributed by atoms with Crippen molar-refractivity contribution in [2.45, 2.75) is 53.4 Å². The number of hydrogen-bond donors (Lipinski definition) is 1. The van der Waals surface area contributed by atoms with Crippen LogP contribution in [0.4, 0.5) is 0 Å². The Morgan fingerprint density at radius 2 is 1.73 bits per heavy atom. The molecule has 0 saturated carbocycles. The Labute approximate surface area is 133 Å². The van der Waals surface area contributed by atoms with Crippen LogP contribution in [-0.4, -0.2) is 28.9 Å². The second kappa shape index (κ2) is 7.48. The lowest BCUT2D eigenvalue weighted by molar-refractivity contribution is 0.0745. The van der Waals surface area contributed by atoms with Crippen LogP contribution in [0.3, 0.4) is 0 Å². The van der Waals surface area contributed by atoms with E-state index in [1.165, 1.54) is 5.56 Å². The van der Waals surface area contributed by atoms with Crippen LogP contribution in [0.2, 0.25) is 0 Å². The van der Waals surface area contributed by atoms with Gasteiger partial charge < -0.3 is 9.88 Å². The van der Waals surface area contributed by atoms with Gasteiger partial charge in [0.2, 0.25) is 0 Å². The Morgan fingerprint density at radius 3 is 2.32 bits per heavy atom. The van der Waals surface area contributed by atoms with Crippen LogP contribution in [0.5, 0.6) is 0 Å². The Morgan fingerprint density at radius 1 is 1.09 bits per heavy atom. The van der Waals surface area contributed by atoms with E-state index < -0.39 is 0 Å². The number of aromatic nitrogens is 1. The van der Waals surface area contributed by atoms with E-state index in [1.807, 2.05) is 11.8 Å². The molecule has 2 aromatic rings. The second-order valence-corrected chi connectivity index (χ2v) is 6.17. The molecule has 1 N–H and O–H groups in total. The van der Waals surface area contributed by atoms with Gasteiger partial charge in [0.25, 0.3) is 5.91 Å². The van der Waals surface area contributed by atoms with E-state index in [2.05, 4.69) is 44.0 Å². The van der Waals surface area contributed by atoms with E-state index in [9.17, 15) is 4.79 Å². The highest BCUT2D eigenvalue weighted by Crippen LogP contribution is 2.24. The largest absolute Gasteiger partial charge is 0.350 e. The number of amides is 1. The molecule has 0 bridgehead atoms. The van der Waals surface area contributed by atoms with Crippen LogP contribution in [0, 0.1) is 13.8 Å². The maximum atomic E-state index is 12.9. The van der Waals surface area contributed by atoms with Crippen molar-refractivity contribution >= 4 is 16.8 Å². The molecule has 0 radical (unpaired) electrons. The highest BCUT2D eigenvalue weighted by Gasteiger charge is 2.20. The van der Waals surface area contributed by atoms with Gasteiger partial charge in [-0.15, -0.1) is 0 Å². The minimum absolute atomic E-state index is 0.147. The lowest BCUT2D eigenvalue weighted by Gasteiger charge is -2.22. The first-order valence-electron chi connectivity index (χ1n) is 8.46. The van der Waals surface area contributed by atoms with Crippen LogP contribution in [-0.2, 0) is 0 Å². The van der Waals surface area contributed by atoms with Crippen molar-refractivity contribution in [3.63, 3.8) is 0 Å². The number of carbonyl (C=O) groups excluding carboxylic acids is 1. The molecular formula is C19H28N2O. The molecule has 3 nitrogen and oxygen atoms in total. The Kier molecular flexibility index (Phi) is 5.64. The van der Waals surface area contributed by atoms with E-state index in [0.717, 1.165) is 60.9 Å². The third kappa shape index (κ3) is 3.52. The zero-order chi connectivity index (χ0) is 16.1. The molecule has 0 saturated heterocycles. The van der Waals surface area contributed by atoms with Gasteiger partial charge in [0, 0.05) is 24.0 Å². The summed E-state index contributed by atoms with van der Waals surface area (Å²) in [4.78, 5) is 18.3. The SMILES string of the molecule is CCCCN(CCCC)C(=O)c1[nH]c2ccc(C)cc2c1C. The van der Waals surface area contributed by atoms with Gasteiger partial charge in [-0.1, -0.05) is 38.3 Å². The molecule has 22 heavy (non-hydrogen) atoms. The topological polar surface area (TPSA) is 36.1 Å². The summed E-state index contributed by atoms with van der Waals surface area (Å²) in [6.45, 7) is 10.2. The van der Waals surface area contributed by atoms with Gasteiger partial charge in [0.05, 0.1) is 0 Å². The number of fused-ring (bicyclic) bond motifs is 1. The summed E-state index contributed by atoms with van der Waals surface area (Å²) in [6.07, 6.45) is 4.35. The van der Waals surface area contributed by atoms with Gasteiger partial charge in [-0.3, -0.25) is 4.79 Å². The number of aryl methyl sites for hydroxylation is 2. The maximum Gasteiger partial charge on any atom is 0.270 e. The van der Waals surface area contributed by atoms with Crippen LogP contribution >= 0.6 is 0 Å². The lowest BCUT2D eigenvalue weighted by atomic mass is 10.1. The number of nitrogens with zero attached hydrogens (tertiary/aromatic N) is 1. The number of nitrogens with one attached hydrogen (secondary N) is 1. The Balaban J connectivity index is 2.30. The minimum Gasteiger partial charge on any atom is -0.350 e. The van der Waals surface area contributed by atoms with Crippen molar-refractivity contribution in [3.05, 3.63) is 35.0 Å². The highest BCUT2D eigenvalue weighted by molar-refractivity contribution is 6.01. The first kappa shape index (κ1) is 16.6. The predicted molar refractivity (Wildman–Crippen MR) is 93.5 cm³/mol. The molecule has 1 amide bonds. The summed E-state index contributed by atoms with van der Waals surface area (Å²) in [6, 6.07) is 6.30. The number of hydrogen-bond acceptors (Lipinski definition) is 1. The molecule has 3 heteroatoms. The molecule has 0 spiro atoms. The van der Waals surface area contributed by atoms with Gasteiger partial charge in [-0.2, -0.15) is 0 Å². The molecule has 2 rings (SSSR count). The molecule has 0 aliphatic heterocycles. The Bertz CT molecular complexity index is 634. The third-order valence-electron chi connectivity index (χ3n) is 4.28. The molecule has 1 aromatic heterocycles. The smallest absolute Gasteiger partial charge is 0.270 e. The third-order valence-corrected chi connectivity index (χ3v) is 4.28. The number of rotatable bonds is 7. The minimum atomic E-state index is 0.147. The number of carbonyl (C=O) groups is 1. The van der Waals surface area contributed by atoms with Crippen molar-refractivity contribution in [1.82, 2.24) is 9.88 Å². The normalized spacial score (nSPS) is 11.1. The summed E-state index contributed by atoms with van der Waals surface area (Å²) >= 11 is 0. The van der Waals surface area contributed by atoms with Gasteiger partial charge in [-0.05, 0) is 44.4 Å². The zero-order valence-corrected chi connectivity index (χ0v) is 14.3. The van der Waals surface area contributed by atoms with Gasteiger partial charge in [-0.25, -0.2) is 0 Å². The zero-order valence-electron chi connectivity index (χ0n) is 14.3. The lowest BCUT2D eigenvalue weighted by Crippen LogP contribution is -2.33. The van der Waals surface area contributed by atoms with Crippen molar-refractivity contribution < 1.29 is 4.79 Å². The molecule has 0 unspecified atom stereocenters. The molecule has 120 valence electrons. The van der Waals surface area contributed by atoms with E-state index in [1.54, 1.807) is 0 Å². The molecule has 0 aliphatic rings. The Hall–Kier alpha value is -1.77. The van der Waals surface area contributed by atoms with Crippen molar-refractivity contribution in [2.24, 2.45) is 0 Å². The second-order valence-electron chi connectivity index (χ2n) is 6.17. The van der Waals surface area contributed by atoms with Crippen LogP contribution in [0.15, 0.2) is 18.2 Å². The maximum absolute atomic E-state index is 12.9. The van der Waals surface area contributed by atoms with Crippen LogP contribution in [0.25, 0.3) is 10.9 Å². The molecule has 1 heterocycles. The fourth-order valence-corrected chi connectivity index (χ4v) is 2.83. The van der Waals surface area contributed by atoms with E-state index >= 15 is 0 Å². The molecule has 0 atom stereocenters. The number of H-pyrrole nitrogens is 1. The van der Waals surface area contributed by atoms with Gasteiger partial charge in [0.1, 0.15) is 5.69 Å². The summed E-state index contributed by atoms with van der Waals surface area (Å²) in [5, 5.41) is 1.16. The predicted octanol–water partition coefficient (Wildman–Crippen LogP) is 4.83. The quantitative estimate of drug-likeness (QED) is 0.781. The summed E-state index contributed by atoms with van der Waals surface area (Å²) in [7, 11) is 0. The van der Waals surface area contributed by atoms with E-state index in [0.29, 0.717) is 0 Å². The fraction of sp³-hybridized carbons (Fsp3) is 0.526. The summed E-state index contributed by atoms with van der Waals surface area (Å²) in [5.74, 6) is 0.147. The first-order valence-corrected chi connectivity index (χ1v) is 8.46. The van der Waals surface area contributed by atoms with Crippen molar-refractivity contribution in [2.75, 3.05) is 13.1 Å². The number of unbranched alkanes of at least 4 members (excludes halogenated alkanes) is 2. The van der Waals surface area contributed by atoms with Gasteiger partial charge >= 0.3 is 0 Å². The van der Waals surface area contributed by atoms with Crippen LogP contribution in [0.1, 0.15) is 61.1 Å². The molecule has 1 aromatic carbocycles. The monoisotopic (exact) mass is 300 g/mol. The van der Waals surface area contributed by atoms with E-state index in [4.69, 9.17) is 0 Å². The molecular weight excluding hydrogens is 272 g/mol. The molecule has 0 aliphatic carbocycles.